The molecule has 0 atom stereocenters. The second kappa shape index (κ2) is 6.55. The summed E-state index contributed by atoms with van der Waals surface area (Å²) in [6.45, 7) is 3.76. The van der Waals surface area contributed by atoms with Gasteiger partial charge in [0.25, 0.3) is 10.0 Å². The lowest BCUT2D eigenvalue weighted by Crippen LogP contribution is -2.13. The van der Waals surface area contributed by atoms with Crippen LogP contribution < -0.4 is 4.72 Å². The third kappa shape index (κ3) is 3.61. The monoisotopic (exact) mass is 378 g/mol. The van der Waals surface area contributed by atoms with Gasteiger partial charge in [-0.1, -0.05) is 29.8 Å². The molecule has 0 fully saturated rings. The van der Waals surface area contributed by atoms with Crippen molar-refractivity contribution in [2.45, 2.75) is 18.7 Å². The van der Waals surface area contributed by atoms with Crippen molar-refractivity contribution in [3.05, 3.63) is 63.4 Å². The van der Waals surface area contributed by atoms with Gasteiger partial charge in [-0.25, -0.2) is 13.4 Å². The Morgan fingerprint density at radius 1 is 1.12 bits per heavy atom. The third-order valence-corrected chi connectivity index (χ3v) is 6.04. The summed E-state index contributed by atoms with van der Waals surface area (Å²) in [6, 6.07) is 11.8. The van der Waals surface area contributed by atoms with Crippen LogP contribution in [0.1, 0.15) is 10.6 Å². The van der Waals surface area contributed by atoms with E-state index < -0.39 is 10.0 Å². The highest BCUT2D eigenvalue weighted by Crippen LogP contribution is 2.26. The molecule has 2 aromatic carbocycles. The summed E-state index contributed by atoms with van der Waals surface area (Å²) >= 11 is 7.58. The number of nitrogens with zero attached hydrogens (tertiary/aromatic N) is 1. The lowest BCUT2D eigenvalue weighted by molar-refractivity contribution is 0.601. The largest absolute Gasteiger partial charge is 0.280 e. The average molecular weight is 379 g/mol. The smallest absolute Gasteiger partial charge is 0.261 e. The quantitative estimate of drug-likeness (QED) is 0.703. The van der Waals surface area contributed by atoms with E-state index in [4.69, 9.17) is 11.6 Å². The Morgan fingerprint density at radius 2 is 1.92 bits per heavy atom. The molecule has 0 amide bonds. The molecule has 1 N–H and O–H groups in total. The van der Waals surface area contributed by atoms with Crippen LogP contribution in [0.3, 0.4) is 0 Å². The highest BCUT2D eigenvalue weighted by Gasteiger charge is 2.16. The van der Waals surface area contributed by atoms with Gasteiger partial charge in [-0.05, 0) is 43.7 Å². The molecule has 4 nitrogen and oxygen atoms in total. The van der Waals surface area contributed by atoms with Crippen molar-refractivity contribution in [3.63, 3.8) is 0 Å². The van der Waals surface area contributed by atoms with Gasteiger partial charge in [0.2, 0.25) is 0 Å². The molecule has 124 valence electrons. The minimum Gasteiger partial charge on any atom is -0.280 e. The van der Waals surface area contributed by atoms with Gasteiger partial charge >= 0.3 is 0 Å². The van der Waals surface area contributed by atoms with Crippen molar-refractivity contribution in [2.75, 3.05) is 4.72 Å². The summed E-state index contributed by atoms with van der Waals surface area (Å²) in [4.78, 5) is 4.55. The van der Waals surface area contributed by atoms with E-state index in [1.165, 1.54) is 12.1 Å². The van der Waals surface area contributed by atoms with Crippen LogP contribution in [0.5, 0.6) is 0 Å². The van der Waals surface area contributed by atoms with Crippen LogP contribution in [0, 0.1) is 13.8 Å². The topological polar surface area (TPSA) is 59.1 Å². The van der Waals surface area contributed by atoms with Crippen LogP contribution in [-0.4, -0.2) is 13.4 Å². The first-order chi connectivity index (χ1) is 11.3. The zero-order chi connectivity index (χ0) is 17.3. The van der Waals surface area contributed by atoms with Crippen molar-refractivity contribution in [1.29, 1.82) is 0 Å². The molecule has 0 saturated carbocycles. The summed E-state index contributed by atoms with van der Waals surface area (Å²) in [5.41, 5.74) is 3.00. The van der Waals surface area contributed by atoms with Gasteiger partial charge in [-0.15, -0.1) is 11.3 Å². The molecule has 3 rings (SSSR count). The molecule has 0 saturated heterocycles. The van der Waals surface area contributed by atoms with Crippen LogP contribution in [0.15, 0.2) is 52.7 Å². The lowest BCUT2D eigenvalue weighted by Gasteiger charge is -2.10. The van der Waals surface area contributed by atoms with E-state index in [2.05, 4.69) is 9.71 Å². The van der Waals surface area contributed by atoms with E-state index in [1.807, 2.05) is 25.3 Å². The molecule has 7 heteroatoms. The Kier molecular flexibility index (Phi) is 4.62. The molecule has 0 radical (unpaired) electrons. The molecule has 1 aromatic heterocycles. The predicted octanol–water partition coefficient (Wildman–Crippen LogP) is 4.88. The first-order valence-electron chi connectivity index (χ1n) is 7.17. The first-order valence-corrected chi connectivity index (χ1v) is 9.91. The zero-order valence-corrected chi connectivity index (χ0v) is 15.5. The fraction of sp³-hybridized carbons (Fsp3) is 0.118. The number of rotatable bonds is 4. The second-order valence-corrected chi connectivity index (χ2v) is 8.50. The van der Waals surface area contributed by atoms with Crippen LogP contribution in [-0.2, 0) is 10.0 Å². The predicted molar refractivity (Wildman–Crippen MR) is 99.3 cm³/mol. The molecule has 0 aliphatic heterocycles. The number of hydrogen-bond donors (Lipinski definition) is 1. The van der Waals surface area contributed by atoms with Crippen LogP contribution in [0.4, 0.5) is 5.69 Å². The molecular formula is C17H15ClN2O2S2. The molecule has 1 heterocycles. The van der Waals surface area contributed by atoms with Gasteiger partial charge in [0.1, 0.15) is 0 Å². The van der Waals surface area contributed by atoms with E-state index in [0.717, 1.165) is 21.8 Å². The minimum absolute atomic E-state index is 0.132. The first kappa shape index (κ1) is 17.0. The standard InChI is InChI=1S/C17H15ClN2O2S2/c1-11-6-7-15(9-16(11)18)24(21,22)20-14-5-3-4-13(8-14)17-10-23-12(2)19-17/h3-10,20H,1-2H3. The van der Waals surface area contributed by atoms with E-state index in [9.17, 15) is 8.42 Å². The van der Waals surface area contributed by atoms with Crippen molar-refractivity contribution >= 4 is 38.6 Å². The number of benzene rings is 2. The summed E-state index contributed by atoms with van der Waals surface area (Å²) in [7, 11) is -3.70. The SMILES string of the molecule is Cc1nc(-c2cccc(NS(=O)(=O)c3ccc(C)c(Cl)c3)c2)cs1. The Labute approximate surface area is 150 Å². The number of aryl methyl sites for hydroxylation is 2. The van der Waals surface area contributed by atoms with E-state index in [1.54, 1.807) is 35.6 Å². The van der Waals surface area contributed by atoms with Crippen molar-refractivity contribution < 1.29 is 8.42 Å². The number of anilines is 1. The Balaban J connectivity index is 1.91. The molecule has 0 aliphatic rings. The van der Waals surface area contributed by atoms with Crippen LogP contribution in [0.25, 0.3) is 11.3 Å². The Hall–Kier alpha value is -1.89. The maximum atomic E-state index is 12.5. The number of hydrogen-bond acceptors (Lipinski definition) is 4. The number of halogens is 1. The van der Waals surface area contributed by atoms with Gasteiger partial charge in [0, 0.05) is 21.7 Å². The van der Waals surface area contributed by atoms with Gasteiger partial charge in [-0.3, -0.25) is 4.72 Å². The number of aromatic nitrogens is 1. The second-order valence-electron chi connectivity index (χ2n) is 5.35. The molecule has 0 spiro atoms. The summed E-state index contributed by atoms with van der Waals surface area (Å²) in [5, 5.41) is 3.33. The molecule has 0 aliphatic carbocycles. The molecule has 0 bridgehead atoms. The molecule has 24 heavy (non-hydrogen) atoms. The van der Waals surface area contributed by atoms with Crippen LogP contribution in [0.2, 0.25) is 5.02 Å². The molecule has 0 unspecified atom stereocenters. The van der Waals surface area contributed by atoms with E-state index >= 15 is 0 Å². The lowest BCUT2D eigenvalue weighted by atomic mass is 10.1. The highest BCUT2D eigenvalue weighted by atomic mass is 35.5. The summed E-state index contributed by atoms with van der Waals surface area (Å²) in [6.07, 6.45) is 0. The van der Waals surface area contributed by atoms with Crippen molar-refractivity contribution in [1.82, 2.24) is 4.98 Å². The number of thiazole rings is 1. The van der Waals surface area contributed by atoms with E-state index in [-0.39, 0.29) is 4.90 Å². The Morgan fingerprint density at radius 3 is 2.58 bits per heavy atom. The maximum absolute atomic E-state index is 12.5. The van der Waals surface area contributed by atoms with Crippen molar-refractivity contribution in [3.8, 4) is 11.3 Å². The summed E-state index contributed by atoms with van der Waals surface area (Å²) < 4.78 is 27.7. The fourth-order valence-electron chi connectivity index (χ4n) is 2.19. The molecule has 3 aromatic rings. The fourth-order valence-corrected chi connectivity index (χ4v) is 4.14. The maximum Gasteiger partial charge on any atom is 0.261 e. The normalized spacial score (nSPS) is 11.5. The van der Waals surface area contributed by atoms with Gasteiger partial charge in [-0.2, -0.15) is 0 Å². The zero-order valence-electron chi connectivity index (χ0n) is 13.1. The average Bonchev–Trinajstić information content (AvgIpc) is 2.96. The highest BCUT2D eigenvalue weighted by molar-refractivity contribution is 7.92. The van der Waals surface area contributed by atoms with Crippen molar-refractivity contribution in [2.24, 2.45) is 0 Å². The van der Waals surface area contributed by atoms with Crippen LogP contribution >= 0.6 is 22.9 Å². The third-order valence-electron chi connectivity index (χ3n) is 3.48. The number of nitrogens with one attached hydrogen (secondary N) is 1. The Bertz CT molecular complexity index is 997. The summed E-state index contributed by atoms with van der Waals surface area (Å²) in [5.74, 6) is 0. The van der Waals surface area contributed by atoms with Gasteiger partial charge in [0.15, 0.2) is 0 Å². The molecular weight excluding hydrogens is 364 g/mol. The van der Waals surface area contributed by atoms with Gasteiger partial charge in [0.05, 0.1) is 15.6 Å². The van der Waals surface area contributed by atoms with Gasteiger partial charge < -0.3 is 0 Å². The minimum atomic E-state index is -3.70. The van der Waals surface area contributed by atoms with E-state index in [0.29, 0.717) is 10.7 Å². The number of sulfonamides is 1.